The van der Waals surface area contributed by atoms with Crippen molar-refractivity contribution in [2.75, 3.05) is 61.2 Å². The van der Waals surface area contributed by atoms with Crippen LogP contribution < -0.4 is 31.0 Å². The molecule has 0 radical (unpaired) electrons. The molecular formula is C60H72F4N8O19. The Morgan fingerprint density at radius 2 is 1.08 bits per heavy atom. The van der Waals surface area contributed by atoms with E-state index in [9.17, 15) is 55.9 Å². The Morgan fingerprint density at radius 3 is 1.46 bits per heavy atom. The number of halogens is 4. The maximum Gasteiger partial charge on any atom is 0.511 e. The highest BCUT2D eigenvalue weighted by molar-refractivity contribution is 6.01. The third-order valence-corrected chi connectivity index (χ3v) is 16.8. The second-order valence-corrected chi connectivity index (χ2v) is 22.7. The molecule has 2 fully saturated rings. The van der Waals surface area contributed by atoms with Gasteiger partial charge >= 0.3 is 12.3 Å². The molecule has 0 unspecified atom stereocenters. The van der Waals surface area contributed by atoms with Gasteiger partial charge in [-0.25, -0.2) is 27.2 Å². The maximum absolute atomic E-state index is 14.3. The largest absolute Gasteiger partial charge is 0.511 e. The Labute approximate surface area is 520 Å². The molecule has 494 valence electrons. The van der Waals surface area contributed by atoms with Crippen LogP contribution in [-0.2, 0) is 55.9 Å². The predicted octanol–water partition coefficient (Wildman–Crippen LogP) is 6.67. The lowest BCUT2D eigenvalue weighted by Gasteiger charge is -2.42. The van der Waals surface area contributed by atoms with E-state index >= 15 is 0 Å². The Hall–Kier alpha value is -9.26. The van der Waals surface area contributed by atoms with Crippen molar-refractivity contribution in [3.63, 3.8) is 0 Å². The van der Waals surface area contributed by atoms with E-state index < -0.39 is 142 Å². The number of carbonyl (C=O) groups is 6. The molecule has 2 N–H and O–H groups in total. The van der Waals surface area contributed by atoms with E-state index in [0.717, 1.165) is 23.9 Å². The third kappa shape index (κ3) is 14.1. The maximum atomic E-state index is 14.3. The molecule has 0 aliphatic carbocycles. The summed E-state index contributed by atoms with van der Waals surface area (Å²) in [7, 11) is 4.34. The van der Waals surface area contributed by atoms with Gasteiger partial charge in [0.1, 0.15) is 47.6 Å². The van der Waals surface area contributed by atoms with Crippen molar-refractivity contribution in [1.82, 2.24) is 29.6 Å². The van der Waals surface area contributed by atoms with E-state index in [4.69, 9.17) is 52.3 Å². The highest BCUT2D eigenvalue weighted by Crippen LogP contribution is 2.48. The average molecular weight is 1290 g/mol. The van der Waals surface area contributed by atoms with Gasteiger partial charge in [-0.2, -0.15) is 0 Å². The summed E-state index contributed by atoms with van der Waals surface area (Å²) >= 11 is 0. The lowest BCUT2D eigenvalue weighted by molar-refractivity contribution is -0.0661. The van der Waals surface area contributed by atoms with Crippen molar-refractivity contribution >= 4 is 47.5 Å². The number of oxime groups is 2. The first-order valence-corrected chi connectivity index (χ1v) is 29.0. The smallest absolute Gasteiger partial charge is 0.482 e. The molecule has 2 aromatic heterocycles. The van der Waals surface area contributed by atoms with Crippen LogP contribution in [0.25, 0.3) is 0 Å². The summed E-state index contributed by atoms with van der Waals surface area (Å²) in [5.74, 6) is -6.95. The first-order valence-electron chi connectivity index (χ1n) is 29.0. The number of carbonyl (C=O) groups excluding carboxylic acids is 6. The number of methoxy groups -OCH3 is 3. The number of ether oxygens (including phenoxy) is 9. The lowest BCUT2D eigenvalue weighted by Crippen LogP contribution is -2.52. The summed E-state index contributed by atoms with van der Waals surface area (Å²) in [5.41, 5.74) is -4.30. The van der Waals surface area contributed by atoms with Crippen LogP contribution in [0.3, 0.4) is 0 Å². The number of hydrogen-bond acceptors (Lipinski definition) is 21. The second kappa shape index (κ2) is 27.9. The van der Waals surface area contributed by atoms with Gasteiger partial charge in [0, 0.05) is 97.4 Å². The molecule has 4 aromatic rings. The number of rotatable bonds is 18. The molecule has 6 aliphatic rings. The minimum atomic E-state index is -1.12. The van der Waals surface area contributed by atoms with E-state index in [1.807, 2.05) is 20.8 Å². The van der Waals surface area contributed by atoms with E-state index in [2.05, 4.69) is 20.9 Å². The Bertz CT molecular complexity index is 3690. The van der Waals surface area contributed by atoms with Crippen molar-refractivity contribution in [2.24, 2.45) is 10.3 Å². The Kier molecular flexibility index (Phi) is 20.3. The summed E-state index contributed by atoms with van der Waals surface area (Å²) in [4.78, 5) is 122. The van der Waals surface area contributed by atoms with Crippen LogP contribution in [0.15, 0.2) is 68.7 Å². The predicted molar refractivity (Wildman–Crippen MR) is 311 cm³/mol. The van der Waals surface area contributed by atoms with E-state index in [-0.39, 0.29) is 83.3 Å². The number of nitrogens with zero attached hydrogens (tertiary/aromatic N) is 6. The minimum Gasteiger partial charge on any atom is -0.482 e. The summed E-state index contributed by atoms with van der Waals surface area (Å²) in [5, 5.41) is 13.2. The second-order valence-electron chi connectivity index (χ2n) is 22.7. The fraction of sp³-hybridized carbons (Fsp3) is 0.500. The van der Waals surface area contributed by atoms with Gasteiger partial charge in [-0.3, -0.25) is 28.8 Å². The van der Waals surface area contributed by atoms with Crippen LogP contribution in [0.1, 0.15) is 141 Å². The molecule has 6 aliphatic heterocycles. The van der Waals surface area contributed by atoms with Gasteiger partial charge < -0.3 is 81.9 Å². The molecule has 31 heteroatoms. The highest BCUT2D eigenvalue weighted by atomic mass is 19.1. The van der Waals surface area contributed by atoms with Crippen molar-refractivity contribution < 1.29 is 101 Å². The van der Waals surface area contributed by atoms with Crippen LogP contribution in [0, 0.1) is 23.3 Å². The molecule has 2 saturated heterocycles. The zero-order valence-electron chi connectivity index (χ0n) is 50.9. The van der Waals surface area contributed by atoms with Crippen LogP contribution in [-0.4, -0.2) is 163 Å². The molecule has 27 nitrogen and oxygen atoms in total. The topological polar surface area (TPSA) is 303 Å². The molecule has 4 amide bonds. The van der Waals surface area contributed by atoms with Gasteiger partial charge in [0.2, 0.25) is 41.8 Å². The van der Waals surface area contributed by atoms with Gasteiger partial charge in [0.15, 0.2) is 22.6 Å². The van der Waals surface area contributed by atoms with Crippen molar-refractivity contribution in [2.45, 2.75) is 134 Å². The zero-order chi connectivity index (χ0) is 65.6. The normalized spacial score (nSPS) is 22.4. The monoisotopic (exact) mass is 1280 g/mol. The number of fused-ring (bicyclic) bond motifs is 10. The minimum absolute atomic E-state index is 0. The van der Waals surface area contributed by atoms with Crippen molar-refractivity contribution in [1.29, 1.82) is 0 Å². The van der Waals surface area contributed by atoms with Crippen molar-refractivity contribution in [3.05, 3.63) is 126 Å². The van der Waals surface area contributed by atoms with Crippen LogP contribution in [0.2, 0.25) is 0 Å². The number of pyridine rings is 2. The van der Waals surface area contributed by atoms with Crippen molar-refractivity contribution in [3.8, 4) is 11.5 Å². The lowest BCUT2D eigenvalue weighted by atomic mass is 9.84. The SMILES string of the molecule is COC1=NO[C@@]2(CC[C@H](C)N3C[C@H]2n2cc(C(=O)NCc4ccc(F)cc4F)c(=O)c(OCOC(=O)OC[C@@H](C)OC)c2C3=O)C1.CO[C@H](C)COC(=O)OCOc1c2n(cc(C(=O)NCc3ccc(F)cc3F)c1=O)[C@@H]1CN(C2=O)[C@@H](C)CC[C@]12CC(C)=NO2.[HH].[HH]. The van der Waals surface area contributed by atoms with Gasteiger partial charge in [-0.05, 0) is 72.4 Å². The molecule has 4 bridgehead atoms. The van der Waals surface area contributed by atoms with Gasteiger partial charge in [0.25, 0.3) is 23.6 Å². The first kappa shape index (κ1) is 66.2. The molecular weight excluding hydrogens is 1210 g/mol. The average Bonchev–Trinajstić information content (AvgIpc) is 1.71. The number of hydrogen-bond donors (Lipinski definition) is 2. The molecule has 0 saturated carbocycles. The molecule has 91 heavy (non-hydrogen) atoms. The van der Waals surface area contributed by atoms with Crippen LogP contribution in [0.5, 0.6) is 11.5 Å². The molecule has 10 rings (SSSR count). The third-order valence-electron chi connectivity index (χ3n) is 16.8. The van der Waals surface area contributed by atoms with E-state index in [0.29, 0.717) is 50.1 Å². The molecule has 8 heterocycles. The summed E-state index contributed by atoms with van der Waals surface area (Å²) in [6, 6.07) is 4.04. The van der Waals surface area contributed by atoms with Gasteiger partial charge in [0.05, 0.1) is 43.5 Å². The summed E-state index contributed by atoms with van der Waals surface area (Å²) in [6.45, 7) is 6.70. The van der Waals surface area contributed by atoms with Crippen LogP contribution in [0.4, 0.5) is 27.2 Å². The fourth-order valence-electron chi connectivity index (χ4n) is 11.5. The summed E-state index contributed by atoms with van der Waals surface area (Å²) in [6.07, 6.45) is 2.29. The number of aromatic nitrogens is 2. The first-order chi connectivity index (χ1) is 43.4. The molecule has 2 aromatic carbocycles. The summed E-state index contributed by atoms with van der Waals surface area (Å²) < 4.78 is 105. The number of benzene rings is 2. The quantitative estimate of drug-likeness (QED) is 0.0597. The van der Waals surface area contributed by atoms with Crippen LogP contribution >= 0.6 is 0 Å². The zero-order valence-corrected chi connectivity index (χ0v) is 50.9. The van der Waals surface area contributed by atoms with Gasteiger partial charge in [-0.15, -0.1) is 0 Å². The van der Waals surface area contributed by atoms with E-state index in [1.165, 1.54) is 48.9 Å². The Balaban J connectivity index is 0.000000258. The van der Waals surface area contributed by atoms with Gasteiger partial charge in [-0.1, -0.05) is 22.4 Å². The standard InChI is InChI=1S/C30H34F2N4O10.C30H34F2N4O9.2H2/c1-16-7-8-30(10-23(42-4)34-46-30)22-13-35(16)28(39)24-26(44-15-45-29(40)43-14-17(2)41-3)25(37)20(12-36(22)24)27(38)33-11-18-5-6-19(31)9-21(18)32;1-16-10-30(45-34-16)8-7-17(2)35-13-23(30)36-12-21(27(38)33-11-19-5-6-20(31)9-22(19)32)25(37)26(24(36)28(35)39)43-15-44-29(40)42-14-18(3)41-4;;/h5-6,9,12,16-17,22H,7-8,10-11,13-15H2,1-4H3,(H,33,38);5-6,9,12,17-18,23H,7-8,10-11,13-15H2,1-4H3,(H,33,38);2*1H/t16-,17+,22+,30-;17-,18+,23+,30-;;/m00../s1. The van der Waals surface area contributed by atoms with E-state index in [1.54, 1.807) is 23.6 Å². The number of amides is 4. The fourth-order valence-corrected chi connectivity index (χ4v) is 11.5. The Morgan fingerprint density at radius 1 is 0.648 bits per heavy atom. The molecule has 2 spiro atoms. The highest BCUT2D eigenvalue weighted by Gasteiger charge is 2.56. The number of nitrogens with one attached hydrogen (secondary N) is 2. The molecule has 8 atom stereocenters.